The number of hydrogen-bond donors (Lipinski definition) is 1. The second-order valence-corrected chi connectivity index (χ2v) is 5.28. The van der Waals surface area contributed by atoms with Crippen molar-refractivity contribution < 1.29 is 0 Å². The molecule has 2 aromatic heterocycles. The minimum atomic E-state index is 0.499. The molecule has 0 spiro atoms. The number of pyridine rings is 1. The summed E-state index contributed by atoms with van der Waals surface area (Å²) >= 11 is 5.79. The lowest BCUT2D eigenvalue weighted by atomic mass is 10.3. The monoisotopic (exact) mass is 300 g/mol. The maximum atomic E-state index is 5.79. The summed E-state index contributed by atoms with van der Waals surface area (Å²) in [5, 5.41) is 3.84. The van der Waals surface area contributed by atoms with Gasteiger partial charge < -0.3 is 9.88 Å². The number of imidazole rings is 1. The van der Waals surface area contributed by atoms with Gasteiger partial charge in [0, 0.05) is 6.54 Å². The molecule has 108 valence electrons. The second kappa shape index (κ2) is 6.14. The quantitative estimate of drug-likeness (QED) is 0.721. The lowest BCUT2D eigenvalue weighted by Crippen LogP contribution is -2.09. The number of nitrogens with one attached hydrogen (secondary N) is 1. The molecule has 0 unspecified atom stereocenters. The van der Waals surface area contributed by atoms with Crippen LogP contribution in [0.1, 0.15) is 19.2 Å². The maximum Gasteiger partial charge on any atom is 0.129 e. The molecule has 2 heterocycles. The summed E-state index contributed by atoms with van der Waals surface area (Å²) in [6.45, 7) is 3.81. The van der Waals surface area contributed by atoms with Crippen molar-refractivity contribution in [3.8, 4) is 0 Å². The van der Waals surface area contributed by atoms with Gasteiger partial charge in [-0.25, -0.2) is 9.97 Å². The van der Waals surface area contributed by atoms with Gasteiger partial charge >= 0.3 is 0 Å². The Bertz CT molecular complexity index is 734. The lowest BCUT2D eigenvalue weighted by molar-refractivity contribution is 0.661. The first-order valence-electron chi connectivity index (χ1n) is 7.07. The van der Waals surface area contributed by atoms with Gasteiger partial charge in [0.1, 0.15) is 11.0 Å². The number of anilines is 1. The van der Waals surface area contributed by atoms with Crippen LogP contribution in [-0.4, -0.2) is 14.5 Å². The zero-order valence-electron chi connectivity index (χ0n) is 11.9. The van der Waals surface area contributed by atoms with E-state index in [1.807, 2.05) is 12.1 Å². The Morgan fingerprint density at radius 1 is 1.19 bits per heavy atom. The van der Waals surface area contributed by atoms with E-state index in [1.165, 1.54) is 5.52 Å². The normalized spacial score (nSPS) is 11.0. The van der Waals surface area contributed by atoms with E-state index in [0.717, 1.165) is 30.0 Å². The third-order valence-corrected chi connectivity index (χ3v) is 3.58. The van der Waals surface area contributed by atoms with E-state index in [1.54, 1.807) is 12.3 Å². The average Bonchev–Trinajstić information content (AvgIpc) is 2.85. The molecule has 4 nitrogen and oxygen atoms in total. The van der Waals surface area contributed by atoms with Gasteiger partial charge in [0.2, 0.25) is 0 Å². The van der Waals surface area contributed by atoms with Crippen LogP contribution in [0.2, 0.25) is 5.15 Å². The topological polar surface area (TPSA) is 42.7 Å². The van der Waals surface area contributed by atoms with Crippen molar-refractivity contribution in [2.45, 2.75) is 26.4 Å². The van der Waals surface area contributed by atoms with Crippen molar-refractivity contribution in [3.05, 3.63) is 53.6 Å². The molecular formula is C16H17ClN4. The number of aryl methyl sites for hydroxylation is 1. The highest BCUT2D eigenvalue weighted by Gasteiger charge is 2.09. The van der Waals surface area contributed by atoms with Gasteiger partial charge in [-0.3, -0.25) is 0 Å². The van der Waals surface area contributed by atoms with Gasteiger partial charge in [-0.2, -0.15) is 0 Å². The number of benzene rings is 1. The zero-order chi connectivity index (χ0) is 14.7. The molecule has 3 aromatic rings. The number of aromatic nitrogens is 3. The highest BCUT2D eigenvalue weighted by Crippen LogP contribution is 2.18. The fourth-order valence-electron chi connectivity index (χ4n) is 2.39. The molecule has 0 saturated carbocycles. The van der Waals surface area contributed by atoms with Gasteiger partial charge in [-0.1, -0.05) is 30.7 Å². The van der Waals surface area contributed by atoms with Crippen LogP contribution in [0.25, 0.3) is 11.0 Å². The molecule has 1 aromatic carbocycles. The highest BCUT2D eigenvalue weighted by atomic mass is 35.5. The van der Waals surface area contributed by atoms with Crippen LogP contribution in [0, 0.1) is 0 Å². The van der Waals surface area contributed by atoms with E-state index >= 15 is 0 Å². The molecule has 0 amide bonds. The third kappa shape index (κ3) is 3.00. The number of nitrogens with zero attached hydrogens (tertiary/aromatic N) is 3. The van der Waals surface area contributed by atoms with Crippen molar-refractivity contribution in [3.63, 3.8) is 0 Å². The molecule has 0 saturated heterocycles. The number of para-hydroxylation sites is 2. The molecule has 0 aliphatic carbocycles. The van der Waals surface area contributed by atoms with Crippen LogP contribution >= 0.6 is 11.6 Å². The van der Waals surface area contributed by atoms with Crippen LogP contribution in [-0.2, 0) is 13.1 Å². The Hall–Kier alpha value is -2.07. The van der Waals surface area contributed by atoms with Gasteiger partial charge in [0.05, 0.1) is 29.5 Å². The minimum absolute atomic E-state index is 0.499. The standard InChI is InChI=1S/C16H17ClN4/c1-2-9-21-14-6-4-3-5-13(14)20-16(21)11-18-12-7-8-15(17)19-10-12/h3-8,10,18H,2,9,11H2,1H3. The summed E-state index contributed by atoms with van der Waals surface area (Å²) in [5.74, 6) is 1.04. The SMILES string of the molecule is CCCn1c(CNc2ccc(Cl)nc2)nc2ccccc21. The van der Waals surface area contributed by atoms with Gasteiger partial charge in [-0.05, 0) is 30.7 Å². The molecule has 0 radical (unpaired) electrons. The molecule has 0 bridgehead atoms. The van der Waals surface area contributed by atoms with Crippen LogP contribution in [0.3, 0.4) is 0 Å². The number of hydrogen-bond acceptors (Lipinski definition) is 3. The van der Waals surface area contributed by atoms with Gasteiger partial charge in [0.15, 0.2) is 0 Å². The summed E-state index contributed by atoms with van der Waals surface area (Å²) in [6.07, 6.45) is 2.81. The van der Waals surface area contributed by atoms with Gasteiger partial charge in [0.25, 0.3) is 0 Å². The average molecular weight is 301 g/mol. The molecule has 0 fully saturated rings. The zero-order valence-corrected chi connectivity index (χ0v) is 12.6. The molecule has 21 heavy (non-hydrogen) atoms. The van der Waals surface area contributed by atoms with Crippen molar-refractivity contribution in [1.29, 1.82) is 0 Å². The molecular weight excluding hydrogens is 284 g/mol. The van der Waals surface area contributed by atoms with E-state index < -0.39 is 0 Å². The summed E-state index contributed by atoms with van der Waals surface area (Å²) in [7, 11) is 0. The Kier molecular flexibility index (Phi) is 4.06. The maximum absolute atomic E-state index is 5.79. The van der Waals surface area contributed by atoms with Crippen molar-refractivity contribution in [1.82, 2.24) is 14.5 Å². The first-order chi connectivity index (χ1) is 10.3. The van der Waals surface area contributed by atoms with Gasteiger partial charge in [-0.15, -0.1) is 0 Å². The smallest absolute Gasteiger partial charge is 0.129 e. The highest BCUT2D eigenvalue weighted by molar-refractivity contribution is 6.29. The molecule has 3 rings (SSSR count). The molecule has 0 atom stereocenters. The predicted octanol–water partition coefficient (Wildman–Crippen LogP) is 4.11. The third-order valence-electron chi connectivity index (χ3n) is 3.36. The number of rotatable bonds is 5. The molecule has 0 aliphatic heterocycles. The Balaban J connectivity index is 1.85. The van der Waals surface area contributed by atoms with Crippen LogP contribution in [0.4, 0.5) is 5.69 Å². The number of fused-ring (bicyclic) bond motifs is 1. The van der Waals surface area contributed by atoms with Crippen LogP contribution in [0.5, 0.6) is 0 Å². The number of halogens is 1. The van der Waals surface area contributed by atoms with Crippen molar-refractivity contribution >= 4 is 28.3 Å². The van der Waals surface area contributed by atoms with Crippen LogP contribution in [0.15, 0.2) is 42.6 Å². The van der Waals surface area contributed by atoms with Crippen molar-refractivity contribution in [2.24, 2.45) is 0 Å². The summed E-state index contributed by atoms with van der Waals surface area (Å²) in [6, 6.07) is 11.9. The second-order valence-electron chi connectivity index (χ2n) is 4.89. The Labute approximate surface area is 128 Å². The molecule has 1 N–H and O–H groups in total. The minimum Gasteiger partial charge on any atom is -0.377 e. The van der Waals surface area contributed by atoms with Crippen molar-refractivity contribution in [2.75, 3.05) is 5.32 Å². The predicted molar refractivity (Wildman–Crippen MR) is 86.6 cm³/mol. The Morgan fingerprint density at radius 3 is 2.81 bits per heavy atom. The summed E-state index contributed by atoms with van der Waals surface area (Å²) in [4.78, 5) is 8.79. The van der Waals surface area contributed by atoms with E-state index in [0.29, 0.717) is 11.7 Å². The molecule has 0 aliphatic rings. The summed E-state index contributed by atoms with van der Waals surface area (Å²) < 4.78 is 2.27. The summed E-state index contributed by atoms with van der Waals surface area (Å²) in [5.41, 5.74) is 3.16. The largest absolute Gasteiger partial charge is 0.377 e. The van der Waals surface area contributed by atoms with Crippen LogP contribution < -0.4 is 5.32 Å². The lowest BCUT2D eigenvalue weighted by Gasteiger charge is -2.09. The fraction of sp³-hybridized carbons (Fsp3) is 0.250. The van der Waals surface area contributed by atoms with E-state index in [4.69, 9.17) is 16.6 Å². The first kappa shape index (κ1) is 13.9. The van der Waals surface area contributed by atoms with E-state index in [-0.39, 0.29) is 0 Å². The van der Waals surface area contributed by atoms with E-state index in [9.17, 15) is 0 Å². The first-order valence-corrected chi connectivity index (χ1v) is 7.45. The molecule has 5 heteroatoms. The Morgan fingerprint density at radius 2 is 2.05 bits per heavy atom. The fourth-order valence-corrected chi connectivity index (χ4v) is 2.51. The van der Waals surface area contributed by atoms with E-state index in [2.05, 4.69) is 40.0 Å².